The van der Waals surface area contributed by atoms with Crippen molar-refractivity contribution in [1.82, 2.24) is 4.90 Å². The average molecular weight is 201 g/mol. The van der Waals surface area contributed by atoms with Gasteiger partial charge in [-0.05, 0) is 38.3 Å². The molecule has 1 fully saturated rings. The summed E-state index contributed by atoms with van der Waals surface area (Å²) < 4.78 is 0. The number of hydrogen-bond acceptors (Lipinski definition) is 3. The summed E-state index contributed by atoms with van der Waals surface area (Å²) >= 11 is 0. The highest BCUT2D eigenvalue weighted by Gasteiger charge is 2.18. The highest BCUT2D eigenvalue weighted by molar-refractivity contribution is 5.66. The van der Waals surface area contributed by atoms with E-state index in [1.165, 1.54) is 0 Å². The lowest BCUT2D eigenvalue weighted by Crippen LogP contribution is -2.37. The van der Waals surface area contributed by atoms with E-state index in [2.05, 4.69) is 4.90 Å². The number of carboxylic acids is 1. The number of hydrogen-bond donors (Lipinski definition) is 2. The van der Waals surface area contributed by atoms with E-state index in [9.17, 15) is 4.79 Å². The van der Waals surface area contributed by atoms with Crippen LogP contribution in [0, 0.1) is 5.92 Å². The minimum absolute atomic E-state index is 0.250. The van der Waals surface area contributed by atoms with Gasteiger partial charge in [-0.2, -0.15) is 0 Å². The fraction of sp³-hybridized carbons (Fsp3) is 0.900. The summed E-state index contributed by atoms with van der Waals surface area (Å²) in [5, 5.41) is 17.5. The Labute approximate surface area is 84.5 Å². The van der Waals surface area contributed by atoms with Crippen molar-refractivity contribution in [3.8, 4) is 0 Å². The molecule has 0 aromatic heterocycles. The van der Waals surface area contributed by atoms with Crippen LogP contribution >= 0.6 is 0 Å². The van der Waals surface area contributed by atoms with E-state index in [0.29, 0.717) is 12.3 Å². The van der Waals surface area contributed by atoms with Crippen molar-refractivity contribution < 1.29 is 15.0 Å². The summed E-state index contributed by atoms with van der Waals surface area (Å²) in [5.74, 6) is -0.325. The second kappa shape index (κ2) is 5.98. The zero-order valence-corrected chi connectivity index (χ0v) is 8.48. The Morgan fingerprint density at radius 3 is 2.93 bits per heavy atom. The average Bonchev–Trinajstić information content (AvgIpc) is 2.18. The molecule has 0 radical (unpaired) electrons. The van der Waals surface area contributed by atoms with Crippen LogP contribution in [0.25, 0.3) is 0 Å². The van der Waals surface area contributed by atoms with Crippen LogP contribution in [0.4, 0.5) is 0 Å². The molecule has 82 valence electrons. The first-order valence-electron chi connectivity index (χ1n) is 5.27. The third kappa shape index (κ3) is 4.07. The van der Waals surface area contributed by atoms with Crippen LogP contribution in [-0.4, -0.2) is 47.3 Å². The molecule has 1 atom stereocenters. The van der Waals surface area contributed by atoms with E-state index in [0.717, 1.165) is 32.5 Å². The van der Waals surface area contributed by atoms with Crippen LogP contribution in [0.15, 0.2) is 0 Å². The van der Waals surface area contributed by atoms with Gasteiger partial charge in [-0.3, -0.25) is 4.79 Å². The van der Waals surface area contributed by atoms with Gasteiger partial charge in [0.05, 0.1) is 0 Å². The third-order valence-corrected chi connectivity index (χ3v) is 2.73. The third-order valence-electron chi connectivity index (χ3n) is 2.73. The minimum Gasteiger partial charge on any atom is -0.481 e. The number of aliphatic hydroxyl groups is 1. The Bertz CT molecular complexity index is 184. The summed E-state index contributed by atoms with van der Waals surface area (Å²) in [4.78, 5) is 12.6. The van der Waals surface area contributed by atoms with Crippen molar-refractivity contribution in [2.45, 2.75) is 25.7 Å². The summed E-state index contributed by atoms with van der Waals surface area (Å²) in [6.45, 7) is 3.09. The predicted octanol–water partition coefficient (Wildman–Crippen LogP) is 0.556. The van der Waals surface area contributed by atoms with Crippen molar-refractivity contribution in [2.75, 3.05) is 26.2 Å². The van der Waals surface area contributed by atoms with E-state index < -0.39 is 5.97 Å². The van der Waals surface area contributed by atoms with E-state index >= 15 is 0 Å². The van der Waals surface area contributed by atoms with Crippen molar-refractivity contribution in [3.63, 3.8) is 0 Å². The fourth-order valence-corrected chi connectivity index (χ4v) is 1.96. The summed E-state index contributed by atoms with van der Waals surface area (Å²) in [5.41, 5.74) is 0. The lowest BCUT2D eigenvalue weighted by molar-refractivity contribution is -0.137. The van der Waals surface area contributed by atoms with Crippen molar-refractivity contribution >= 4 is 5.97 Å². The number of piperidine rings is 1. The topological polar surface area (TPSA) is 60.8 Å². The Kier molecular flexibility index (Phi) is 4.90. The molecule has 2 N–H and O–H groups in total. The van der Waals surface area contributed by atoms with E-state index in [-0.39, 0.29) is 13.0 Å². The van der Waals surface area contributed by atoms with E-state index in [1.54, 1.807) is 0 Å². The molecule has 4 heteroatoms. The molecular formula is C10H19NO3. The maximum Gasteiger partial charge on any atom is 0.303 e. The lowest BCUT2D eigenvalue weighted by atomic mass is 9.99. The predicted molar refractivity (Wildman–Crippen MR) is 53.1 cm³/mol. The zero-order chi connectivity index (χ0) is 10.4. The van der Waals surface area contributed by atoms with Crippen molar-refractivity contribution in [1.29, 1.82) is 0 Å². The van der Waals surface area contributed by atoms with Gasteiger partial charge < -0.3 is 15.1 Å². The largest absolute Gasteiger partial charge is 0.481 e. The quantitative estimate of drug-likeness (QED) is 0.682. The lowest BCUT2D eigenvalue weighted by Gasteiger charge is -2.31. The number of aliphatic hydroxyl groups excluding tert-OH is 1. The highest BCUT2D eigenvalue weighted by atomic mass is 16.4. The molecule has 14 heavy (non-hydrogen) atoms. The molecule has 0 bridgehead atoms. The van der Waals surface area contributed by atoms with Crippen LogP contribution in [0.2, 0.25) is 0 Å². The molecule has 1 saturated heterocycles. The Morgan fingerprint density at radius 2 is 2.29 bits per heavy atom. The van der Waals surface area contributed by atoms with Gasteiger partial charge in [-0.25, -0.2) is 0 Å². The number of nitrogens with zero attached hydrogens (tertiary/aromatic N) is 1. The van der Waals surface area contributed by atoms with Gasteiger partial charge in [0.2, 0.25) is 0 Å². The summed E-state index contributed by atoms with van der Waals surface area (Å²) in [6.07, 6.45) is 3.19. The summed E-state index contributed by atoms with van der Waals surface area (Å²) in [7, 11) is 0. The molecule has 1 unspecified atom stereocenters. The smallest absolute Gasteiger partial charge is 0.303 e. The SMILES string of the molecule is O=C(O)CCCN1CCCC(CO)C1. The van der Waals surface area contributed by atoms with Crippen LogP contribution in [0.5, 0.6) is 0 Å². The van der Waals surface area contributed by atoms with Crippen LogP contribution in [0.1, 0.15) is 25.7 Å². The van der Waals surface area contributed by atoms with Gasteiger partial charge in [0.25, 0.3) is 0 Å². The minimum atomic E-state index is -0.722. The Balaban J connectivity index is 2.14. The van der Waals surface area contributed by atoms with Crippen molar-refractivity contribution in [2.24, 2.45) is 5.92 Å². The Morgan fingerprint density at radius 1 is 1.50 bits per heavy atom. The number of carbonyl (C=O) groups is 1. The normalized spacial score (nSPS) is 23.6. The second-order valence-corrected chi connectivity index (χ2v) is 3.99. The number of carboxylic acid groups (broad SMARTS) is 1. The molecule has 0 amide bonds. The van der Waals surface area contributed by atoms with Gasteiger partial charge in [0.1, 0.15) is 0 Å². The molecule has 0 aromatic rings. The van der Waals surface area contributed by atoms with Crippen molar-refractivity contribution in [3.05, 3.63) is 0 Å². The molecule has 0 aromatic carbocycles. The second-order valence-electron chi connectivity index (χ2n) is 3.99. The van der Waals surface area contributed by atoms with Crippen LogP contribution in [0.3, 0.4) is 0 Å². The molecule has 1 aliphatic heterocycles. The first-order valence-corrected chi connectivity index (χ1v) is 5.27. The van der Waals surface area contributed by atoms with Gasteiger partial charge in [-0.1, -0.05) is 0 Å². The standard InChI is InChI=1S/C10H19NO3/c12-8-9-3-1-5-11(7-9)6-2-4-10(13)14/h9,12H,1-8H2,(H,13,14). The van der Waals surface area contributed by atoms with Crippen LogP contribution < -0.4 is 0 Å². The first-order chi connectivity index (χ1) is 6.72. The zero-order valence-electron chi connectivity index (χ0n) is 8.48. The molecule has 1 heterocycles. The molecule has 1 rings (SSSR count). The van der Waals surface area contributed by atoms with Crippen LogP contribution in [-0.2, 0) is 4.79 Å². The maximum absolute atomic E-state index is 10.3. The molecule has 4 nitrogen and oxygen atoms in total. The highest BCUT2D eigenvalue weighted by Crippen LogP contribution is 2.15. The van der Waals surface area contributed by atoms with Gasteiger partial charge in [-0.15, -0.1) is 0 Å². The molecule has 1 aliphatic rings. The Hall–Kier alpha value is -0.610. The molecule has 0 aliphatic carbocycles. The number of aliphatic carboxylic acids is 1. The first kappa shape index (κ1) is 11.5. The molecular weight excluding hydrogens is 182 g/mol. The van der Waals surface area contributed by atoms with Gasteiger partial charge in [0.15, 0.2) is 0 Å². The number of likely N-dealkylation sites (tertiary alicyclic amines) is 1. The van der Waals surface area contributed by atoms with E-state index in [4.69, 9.17) is 10.2 Å². The fourth-order valence-electron chi connectivity index (χ4n) is 1.96. The van der Waals surface area contributed by atoms with Gasteiger partial charge in [0, 0.05) is 19.6 Å². The maximum atomic E-state index is 10.3. The summed E-state index contributed by atoms with van der Waals surface area (Å²) in [6, 6.07) is 0. The van der Waals surface area contributed by atoms with E-state index in [1.807, 2.05) is 0 Å². The molecule has 0 saturated carbocycles. The number of rotatable bonds is 5. The van der Waals surface area contributed by atoms with Gasteiger partial charge >= 0.3 is 5.97 Å². The monoisotopic (exact) mass is 201 g/mol. The molecule has 0 spiro atoms.